The summed E-state index contributed by atoms with van der Waals surface area (Å²) in [6.45, 7) is 3.42. The third-order valence-corrected chi connectivity index (χ3v) is 5.54. The first-order chi connectivity index (χ1) is 16.1. The number of hydrogen-bond donors (Lipinski definition) is 2. The third kappa shape index (κ3) is 6.17. The number of ether oxygens (including phenoxy) is 1. The average molecular weight is 459 g/mol. The van der Waals surface area contributed by atoms with E-state index in [0.717, 1.165) is 33.8 Å². The van der Waals surface area contributed by atoms with E-state index in [1.165, 1.54) is 0 Å². The van der Waals surface area contributed by atoms with Crippen molar-refractivity contribution < 1.29 is 9.53 Å². The number of nitrogens with zero attached hydrogens (tertiary/aromatic N) is 2. The summed E-state index contributed by atoms with van der Waals surface area (Å²) in [5.41, 5.74) is 4.19. The van der Waals surface area contributed by atoms with Gasteiger partial charge in [-0.05, 0) is 48.5 Å². The van der Waals surface area contributed by atoms with Crippen LogP contribution in [0.1, 0.15) is 23.1 Å². The third-order valence-electron chi connectivity index (χ3n) is 5.23. The molecule has 0 aliphatic rings. The lowest BCUT2D eigenvalue weighted by molar-refractivity contribution is -0.121. The minimum atomic E-state index is -0.0424. The lowest BCUT2D eigenvalue weighted by atomic mass is 10.1. The van der Waals surface area contributed by atoms with Crippen LogP contribution in [0.3, 0.4) is 0 Å². The molecule has 0 saturated carbocycles. The number of carbonyl (C=O) groups excluding carboxylic acids is 1. The predicted molar refractivity (Wildman–Crippen MR) is 131 cm³/mol. The summed E-state index contributed by atoms with van der Waals surface area (Å²) in [6.07, 6.45) is 0.309. The van der Waals surface area contributed by atoms with Crippen LogP contribution in [0.2, 0.25) is 0 Å². The molecule has 6 nitrogen and oxygen atoms in total. The van der Waals surface area contributed by atoms with Gasteiger partial charge in [0.05, 0.1) is 0 Å². The molecule has 0 unspecified atom stereocenters. The Labute approximate surface area is 198 Å². The number of benzene rings is 3. The molecule has 0 bridgehead atoms. The fourth-order valence-electron chi connectivity index (χ4n) is 3.54. The average Bonchev–Trinajstić information content (AvgIpc) is 3.21. The molecule has 0 atom stereocenters. The van der Waals surface area contributed by atoms with Gasteiger partial charge in [0.1, 0.15) is 12.4 Å². The molecule has 1 aromatic heterocycles. The Kier molecular flexibility index (Phi) is 7.32. The zero-order valence-corrected chi connectivity index (χ0v) is 19.3. The van der Waals surface area contributed by atoms with Crippen molar-refractivity contribution in [3.8, 4) is 17.1 Å². The molecule has 0 saturated heterocycles. The number of aromatic amines is 1. The van der Waals surface area contributed by atoms with Gasteiger partial charge in [0.15, 0.2) is 10.6 Å². The van der Waals surface area contributed by atoms with Gasteiger partial charge in [0.25, 0.3) is 0 Å². The molecule has 0 spiro atoms. The van der Waals surface area contributed by atoms with E-state index in [-0.39, 0.29) is 5.91 Å². The van der Waals surface area contributed by atoms with Crippen molar-refractivity contribution in [3.63, 3.8) is 0 Å². The van der Waals surface area contributed by atoms with Crippen LogP contribution in [0.5, 0.6) is 5.75 Å². The zero-order valence-electron chi connectivity index (χ0n) is 18.5. The molecule has 4 aromatic rings. The Balaban J connectivity index is 1.31. The number of aromatic nitrogens is 3. The first-order valence-corrected chi connectivity index (χ1v) is 11.2. The van der Waals surface area contributed by atoms with Gasteiger partial charge in [-0.1, -0.05) is 66.2 Å². The minimum absolute atomic E-state index is 0.0424. The Hall–Kier alpha value is -3.71. The van der Waals surface area contributed by atoms with Crippen LogP contribution >= 0.6 is 12.2 Å². The summed E-state index contributed by atoms with van der Waals surface area (Å²) in [5.74, 6) is 1.53. The van der Waals surface area contributed by atoms with E-state index < -0.39 is 0 Å². The van der Waals surface area contributed by atoms with Gasteiger partial charge in [0, 0.05) is 25.1 Å². The maximum Gasteiger partial charge on any atom is 0.222 e. The van der Waals surface area contributed by atoms with E-state index in [9.17, 15) is 4.79 Å². The van der Waals surface area contributed by atoms with Crippen LogP contribution in [0.25, 0.3) is 11.4 Å². The molecular weight excluding hydrogens is 432 g/mol. The first kappa shape index (κ1) is 22.5. The summed E-state index contributed by atoms with van der Waals surface area (Å²) >= 11 is 5.37. The highest BCUT2D eigenvalue weighted by Crippen LogP contribution is 2.19. The highest BCUT2D eigenvalue weighted by molar-refractivity contribution is 7.71. The number of aryl methyl sites for hydroxylation is 1. The van der Waals surface area contributed by atoms with Gasteiger partial charge in [-0.3, -0.25) is 14.5 Å². The van der Waals surface area contributed by atoms with Gasteiger partial charge >= 0.3 is 0 Å². The first-order valence-electron chi connectivity index (χ1n) is 10.8. The Bertz CT molecular complexity index is 1280. The van der Waals surface area contributed by atoms with E-state index >= 15 is 0 Å². The van der Waals surface area contributed by atoms with E-state index in [0.29, 0.717) is 30.9 Å². The zero-order chi connectivity index (χ0) is 23.0. The molecular formula is C26H26N4O2S. The van der Waals surface area contributed by atoms with E-state index in [1.807, 2.05) is 84.3 Å². The normalized spacial score (nSPS) is 10.7. The van der Waals surface area contributed by atoms with Crippen molar-refractivity contribution in [1.82, 2.24) is 20.1 Å². The monoisotopic (exact) mass is 458 g/mol. The topological polar surface area (TPSA) is 71.9 Å². The standard InChI is InChI=1S/C26H26N4O2S/c1-19-7-5-10-22(15-19)25-28-29-26(33)30(25)14-13-24(31)27-17-20-8-6-9-21(16-20)18-32-23-11-3-2-4-12-23/h2-12,15-16H,13-14,17-18H2,1H3,(H,27,31)(H,29,33). The van der Waals surface area contributed by atoms with Crippen molar-refractivity contribution in [2.24, 2.45) is 0 Å². The molecule has 0 aliphatic heterocycles. The summed E-state index contributed by atoms with van der Waals surface area (Å²) in [4.78, 5) is 12.5. The van der Waals surface area contributed by atoms with Crippen LogP contribution in [0.4, 0.5) is 0 Å². The molecule has 0 radical (unpaired) electrons. The largest absolute Gasteiger partial charge is 0.489 e. The quantitative estimate of drug-likeness (QED) is 0.338. The summed E-state index contributed by atoms with van der Waals surface area (Å²) in [7, 11) is 0. The number of amides is 1. The van der Waals surface area contributed by atoms with Gasteiger partial charge in [-0.15, -0.1) is 0 Å². The number of rotatable bonds is 9. The second-order valence-corrected chi connectivity index (χ2v) is 8.21. The van der Waals surface area contributed by atoms with Gasteiger partial charge in [-0.25, -0.2) is 0 Å². The van der Waals surface area contributed by atoms with Crippen molar-refractivity contribution in [2.45, 2.75) is 33.0 Å². The van der Waals surface area contributed by atoms with Crippen molar-refractivity contribution in [2.75, 3.05) is 0 Å². The highest BCUT2D eigenvalue weighted by Gasteiger charge is 2.11. The van der Waals surface area contributed by atoms with Crippen molar-refractivity contribution in [1.29, 1.82) is 0 Å². The fourth-order valence-corrected chi connectivity index (χ4v) is 3.77. The van der Waals surface area contributed by atoms with Crippen LogP contribution in [-0.4, -0.2) is 20.7 Å². The Morgan fingerprint density at radius 3 is 2.64 bits per heavy atom. The second kappa shape index (κ2) is 10.7. The molecule has 33 heavy (non-hydrogen) atoms. The molecule has 1 heterocycles. The molecule has 4 rings (SSSR count). The van der Waals surface area contributed by atoms with E-state index in [1.54, 1.807) is 0 Å². The molecule has 3 aromatic carbocycles. The molecule has 1 amide bonds. The molecule has 0 aliphatic carbocycles. The fraction of sp³-hybridized carbons (Fsp3) is 0.192. The maximum atomic E-state index is 12.5. The predicted octanol–water partition coefficient (Wildman–Crippen LogP) is 5.20. The number of nitrogens with one attached hydrogen (secondary N) is 2. The molecule has 2 N–H and O–H groups in total. The summed E-state index contributed by atoms with van der Waals surface area (Å²) in [5, 5.41) is 10.2. The molecule has 0 fully saturated rings. The van der Waals surface area contributed by atoms with Crippen molar-refractivity contribution in [3.05, 3.63) is 100 Å². The van der Waals surface area contributed by atoms with Crippen molar-refractivity contribution >= 4 is 18.1 Å². The lowest BCUT2D eigenvalue weighted by Crippen LogP contribution is -2.24. The summed E-state index contributed by atoms with van der Waals surface area (Å²) < 4.78 is 8.18. The minimum Gasteiger partial charge on any atom is -0.489 e. The molecule has 7 heteroatoms. The van der Waals surface area contributed by atoms with Gasteiger partial charge < -0.3 is 10.1 Å². The van der Waals surface area contributed by atoms with Gasteiger partial charge in [-0.2, -0.15) is 5.10 Å². The van der Waals surface area contributed by atoms with Crippen LogP contribution in [0, 0.1) is 11.7 Å². The number of para-hydroxylation sites is 1. The number of H-pyrrole nitrogens is 1. The Morgan fingerprint density at radius 2 is 1.82 bits per heavy atom. The van der Waals surface area contributed by atoms with Gasteiger partial charge in [0.2, 0.25) is 5.91 Å². The number of hydrogen-bond acceptors (Lipinski definition) is 4. The number of carbonyl (C=O) groups is 1. The van der Waals surface area contributed by atoms with E-state index in [2.05, 4.69) is 21.6 Å². The Morgan fingerprint density at radius 1 is 1.03 bits per heavy atom. The lowest BCUT2D eigenvalue weighted by Gasteiger charge is -2.10. The van der Waals surface area contributed by atoms with Crippen LogP contribution in [0.15, 0.2) is 78.9 Å². The van der Waals surface area contributed by atoms with E-state index in [4.69, 9.17) is 17.0 Å². The maximum absolute atomic E-state index is 12.5. The second-order valence-electron chi connectivity index (χ2n) is 7.82. The van der Waals surface area contributed by atoms with Crippen LogP contribution in [-0.2, 0) is 24.5 Å². The highest BCUT2D eigenvalue weighted by atomic mass is 32.1. The van der Waals surface area contributed by atoms with Crippen LogP contribution < -0.4 is 10.1 Å². The summed E-state index contributed by atoms with van der Waals surface area (Å²) in [6, 6.07) is 25.8. The molecule has 168 valence electrons. The SMILES string of the molecule is Cc1cccc(-c2n[nH]c(=S)n2CCC(=O)NCc2cccc(COc3ccccc3)c2)c1. The smallest absolute Gasteiger partial charge is 0.222 e.